The smallest absolute Gasteiger partial charge is 0.115 e. The Morgan fingerprint density at radius 1 is 0.634 bits per heavy atom. The molecular formula is C29H60F6O2RfS3-2. The van der Waals surface area contributed by atoms with Gasteiger partial charge in [0.1, 0.15) is 13.3 Å². The topological polar surface area (TPSA) is 34.1 Å². The Morgan fingerprint density at radius 2 is 0.780 bits per heavy atom. The average molecular weight is 918 g/mol. The Bertz CT molecular complexity index is 552. The summed E-state index contributed by atoms with van der Waals surface area (Å²) in [6.45, 7) is 3.84. The zero-order valence-electron chi connectivity index (χ0n) is 23.3. The molecule has 0 spiro atoms. The first-order valence-corrected chi connectivity index (χ1v) is 14.0. The number of halogens is 6. The number of hydrogen-bond acceptors (Lipinski definition) is 5. The summed E-state index contributed by atoms with van der Waals surface area (Å²) >= 11 is 5.94. The summed E-state index contributed by atoms with van der Waals surface area (Å²) in [5, 5.41) is 0. The summed E-state index contributed by atoms with van der Waals surface area (Å²) in [5.41, 5.74) is 1.49. The molecule has 0 N–H and O–H groups in total. The van der Waals surface area contributed by atoms with Gasteiger partial charge in [0.15, 0.2) is 0 Å². The molecule has 0 fully saturated rings. The van der Waals surface area contributed by atoms with Crippen LogP contribution in [-0.2, 0) is 45.1 Å². The van der Waals surface area contributed by atoms with E-state index in [1.165, 1.54) is 19.6 Å². The van der Waals surface area contributed by atoms with Crippen LogP contribution in [0, 0.1) is 0 Å². The molecular weight excluding hydrogens is 858 g/mol. The molecule has 0 aromatic heterocycles. The van der Waals surface area contributed by atoms with Crippen molar-refractivity contribution >= 4 is 35.1 Å². The van der Waals surface area contributed by atoms with Crippen molar-refractivity contribution in [3.05, 3.63) is 71.8 Å². The third-order valence-corrected chi connectivity index (χ3v) is 2.86. The predicted octanol–water partition coefficient (Wildman–Crippen LogP) is 11.4. The SMILES string of the molecule is C.C.C.C.CCF.CCF.CCSC.CF.CF.C[S-].C[S-](=O)=O.FCc1ccccc1.FCc1ccccc1.[Rf]. The van der Waals surface area contributed by atoms with E-state index in [1.807, 2.05) is 48.2 Å². The standard InChI is InChI=1S/2C7H7F.C3H8S.2C2H5F.2CH3F.CH3O2S.CH4S.4CH4.Rf/c2*8-6-7-4-2-1-3-5-7;1-3-4-2;2*1-2-3;2*1-2;1-4(2)3;1-2;;;;;/h2*1-5H,6H2;3H2,1-2H3;2*2H2,1H3;2*1H3;1H3;2H,1H3;4*1H4;/q;;;;;;;-1;;;;;;/p-1. The Kier molecular flexibility index (Phi) is 185. The summed E-state index contributed by atoms with van der Waals surface area (Å²) in [6, 6.07) is 18.1. The van der Waals surface area contributed by atoms with E-state index in [0.29, 0.717) is 14.4 Å². The fourth-order valence-electron chi connectivity index (χ4n) is 1.13. The van der Waals surface area contributed by atoms with Crippen molar-refractivity contribution in [3.8, 4) is 0 Å². The Balaban J connectivity index is -0.0000000240. The van der Waals surface area contributed by atoms with E-state index in [9.17, 15) is 26.3 Å². The molecule has 0 amide bonds. The molecule has 0 unspecified atom stereocenters. The second-order valence-corrected chi connectivity index (χ2v) is 6.71. The minimum Gasteiger partial charge on any atom is -0.796 e. The monoisotopic (exact) mass is 917 g/mol. The fraction of sp³-hybridized carbons (Fsp3) is 0.586. The van der Waals surface area contributed by atoms with Crippen LogP contribution >= 0.6 is 11.8 Å². The van der Waals surface area contributed by atoms with Gasteiger partial charge in [0, 0.05) is 0 Å². The zero-order valence-corrected chi connectivity index (χ0v) is 32.2. The van der Waals surface area contributed by atoms with Gasteiger partial charge in [-0.3, -0.25) is 17.6 Å². The first-order valence-electron chi connectivity index (χ1n) is 10.3. The maximum atomic E-state index is 11.7. The minimum atomic E-state index is -1.86. The van der Waals surface area contributed by atoms with Gasteiger partial charge in [-0.15, -0.1) is 0 Å². The maximum absolute atomic E-state index is 11.7. The van der Waals surface area contributed by atoms with Crippen LogP contribution in [0.2, 0.25) is 0 Å². The van der Waals surface area contributed by atoms with Crippen LogP contribution < -0.4 is 0 Å². The number of alkyl halides is 6. The van der Waals surface area contributed by atoms with E-state index in [2.05, 4.69) is 25.8 Å². The van der Waals surface area contributed by atoms with E-state index in [0.717, 1.165) is 17.4 Å². The normalized spacial score (nSPS) is 6.44. The molecule has 0 bridgehead atoms. The molecule has 0 heterocycles. The Labute approximate surface area is 257 Å². The van der Waals surface area contributed by atoms with E-state index >= 15 is 0 Å². The van der Waals surface area contributed by atoms with Crippen molar-refractivity contribution in [1.82, 2.24) is 0 Å². The molecule has 0 saturated carbocycles. The molecule has 2 aromatic rings. The fourth-order valence-corrected chi connectivity index (χ4v) is 1.13. The van der Waals surface area contributed by atoms with Crippen LogP contribution in [0.3, 0.4) is 0 Å². The van der Waals surface area contributed by atoms with Gasteiger partial charge in [-0.2, -0.15) is 18.0 Å². The van der Waals surface area contributed by atoms with Crippen molar-refractivity contribution in [3.63, 3.8) is 0 Å². The Hall–Kier alpha value is -2.33. The van der Waals surface area contributed by atoms with Crippen molar-refractivity contribution < 1.29 is 34.8 Å². The van der Waals surface area contributed by atoms with Crippen LogP contribution in [0.25, 0.3) is 0 Å². The van der Waals surface area contributed by atoms with Gasteiger partial charge in [-0.1, -0.05) is 114 Å². The molecule has 0 atom stereocenters. The molecule has 2 nitrogen and oxygen atoms in total. The third-order valence-electron chi connectivity index (χ3n) is 2.28. The molecule has 12 heteroatoms. The second-order valence-electron chi connectivity index (χ2n) is 4.75. The van der Waals surface area contributed by atoms with Crippen LogP contribution in [0.5, 0.6) is 0 Å². The van der Waals surface area contributed by atoms with Crippen LogP contribution in [-0.4, -0.2) is 52.2 Å². The van der Waals surface area contributed by atoms with Gasteiger partial charge in [-0.25, -0.2) is 8.78 Å². The molecule has 2 aromatic carbocycles. The number of thioether (sulfide) groups is 1. The summed E-state index contributed by atoms with van der Waals surface area (Å²) in [6.07, 6.45) is 4.76. The number of rotatable bonds is 3. The summed E-state index contributed by atoms with van der Waals surface area (Å²) in [5.74, 6) is 1.24. The van der Waals surface area contributed by atoms with Gasteiger partial charge >= 0.3 is 0 Å². The molecule has 0 saturated heterocycles. The van der Waals surface area contributed by atoms with Crippen molar-refractivity contribution in [2.75, 3.05) is 52.2 Å². The average Bonchev–Trinajstić information content (AvgIpc) is 2.94. The van der Waals surface area contributed by atoms with E-state index in [-0.39, 0.29) is 56.4 Å². The van der Waals surface area contributed by atoms with Crippen molar-refractivity contribution in [2.24, 2.45) is 0 Å². The molecule has 0 aliphatic heterocycles. The largest absolute Gasteiger partial charge is 0.796 e. The Morgan fingerprint density at radius 3 is 0.854 bits per heavy atom. The van der Waals surface area contributed by atoms with E-state index < -0.39 is 10.7 Å². The molecule has 0 radical (unpaired) electrons. The quantitative estimate of drug-likeness (QED) is 0.227. The van der Waals surface area contributed by atoms with E-state index in [1.54, 1.807) is 30.5 Å². The molecule has 41 heavy (non-hydrogen) atoms. The van der Waals surface area contributed by atoms with Gasteiger partial charge < -0.3 is 21.0 Å². The first-order chi connectivity index (χ1) is 17.3. The van der Waals surface area contributed by atoms with Crippen LogP contribution in [0.1, 0.15) is 61.6 Å². The van der Waals surface area contributed by atoms with Gasteiger partial charge in [0.2, 0.25) is 0 Å². The summed E-state index contributed by atoms with van der Waals surface area (Å²) < 4.78 is 81.0. The summed E-state index contributed by atoms with van der Waals surface area (Å²) in [7, 11) is -0.861. The van der Waals surface area contributed by atoms with Crippen molar-refractivity contribution in [1.29, 1.82) is 0 Å². The predicted molar refractivity (Wildman–Crippen MR) is 179 cm³/mol. The second kappa shape index (κ2) is 98.6. The maximum Gasteiger partial charge on any atom is 0.115 e. The van der Waals surface area contributed by atoms with Crippen molar-refractivity contribution in [2.45, 2.75) is 63.8 Å². The minimum absolute atomic E-state index is 0. The molecule has 0 aliphatic carbocycles. The molecule has 252 valence electrons. The van der Waals surface area contributed by atoms with E-state index in [4.69, 9.17) is 8.42 Å². The first kappa shape index (κ1) is 77.1. The zero-order chi connectivity index (χ0) is 30.0. The van der Waals surface area contributed by atoms with Gasteiger partial charge in [-0.05, 0) is 37.0 Å². The van der Waals surface area contributed by atoms with Crippen LogP contribution in [0.4, 0.5) is 26.3 Å². The van der Waals surface area contributed by atoms with Gasteiger partial charge in [0.05, 0.1) is 27.7 Å². The third kappa shape index (κ3) is 138. The number of hydrogen-bond donors (Lipinski definition) is 0. The van der Waals surface area contributed by atoms with Gasteiger partial charge in [0.25, 0.3) is 0 Å². The molecule has 0 aliphatic rings. The van der Waals surface area contributed by atoms with Crippen LogP contribution in [0.15, 0.2) is 60.7 Å². The number of benzene rings is 2. The molecule has 2 rings (SSSR count). The summed E-state index contributed by atoms with van der Waals surface area (Å²) in [4.78, 5) is 0.